The van der Waals surface area contributed by atoms with Crippen LogP contribution in [-0.4, -0.2) is 18.4 Å². The molecule has 11 heavy (non-hydrogen) atoms. The molecule has 0 spiro atoms. The van der Waals surface area contributed by atoms with Crippen LogP contribution in [0.1, 0.15) is 19.8 Å². The predicted molar refractivity (Wildman–Crippen MR) is 43.3 cm³/mol. The standard InChI is InChI=1S/C9H13NO/c1-6-2-3-8-7(9(6)11)4-5-10-8/h2,7-8,10H,3-5H2,1H3. The number of hydrogen-bond acceptors (Lipinski definition) is 2. The van der Waals surface area contributed by atoms with Gasteiger partial charge in [0.25, 0.3) is 0 Å². The number of ketones is 1. The van der Waals surface area contributed by atoms with E-state index in [2.05, 4.69) is 11.4 Å². The Balaban J connectivity index is 2.24. The molecule has 1 aliphatic carbocycles. The van der Waals surface area contributed by atoms with Crippen LogP contribution in [0.4, 0.5) is 0 Å². The van der Waals surface area contributed by atoms with Crippen molar-refractivity contribution in [2.24, 2.45) is 5.92 Å². The normalized spacial score (nSPS) is 36.8. The van der Waals surface area contributed by atoms with Gasteiger partial charge >= 0.3 is 0 Å². The Morgan fingerprint density at radius 1 is 1.64 bits per heavy atom. The topological polar surface area (TPSA) is 29.1 Å². The molecule has 1 fully saturated rings. The molecule has 0 amide bonds. The van der Waals surface area contributed by atoms with Crippen molar-refractivity contribution in [2.75, 3.05) is 6.54 Å². The molecule has 2 heteroatoms. The summed E-state index contributed by atoms with van der Waals surface area (Å²) in [5.41, 5.74) is 0.968. The Morgan fingerprint density at radius 3 is 3.27 bits per heavy atom. The van der Waals surface area contributed by atoms with E-state index in [-0.39, 0.29) is 0 Å². The van der Waals surface area contributed by atoms with Gasteiger partial charge in [-0.2, -0.15) is 0 Å². The summed E-state index contributed by atoms with van der Waals surface area (Å²) >= 11 is 0. The zero-order valence-corrected chi connectivity index (χ0v) is 6.76. The SMILES string of the molecule is CC1=CCC2NCCC2C1=O. The summed E-state index contributed by atoms with van der Waals surface area (Å²) < 4.78 is 0. The maximum atomic E-state index is 11.5. The smallest absolute Gasteiger partial charge is 0.162 e. The van der Waals surface area contributed by atoms with Crippen LogP contribution in [-0.2, 0) is 4.79 Å². The third-order valence-corrected chi connectivity index (χ3v) is 2.75. The summed E-state index contributed by atoms with van der Waals surface area (Å²) in [6.07, 6.45) is 4.14. The van der Waals surface area contributed by atoms with Crippen LogP contribution in [0.15, 0.2) is 11.6 Å². The molecule has 0 aromatic carbocycles. The van der Waals surface area contributed by atoms with Crippen LogP contribution in [0, 0.1) is 5.92 Å². The van der Waals surface area contributed by atoms with Gasteiger partial charge in [0.1, 0.15) is 0 Å². The zero-order chi connectivity index (χ0) is 7.84. The van der Waals surface area contributed by atoms with Gasteiger partial charge in [-0.25, -0.2) is 0 Å². The van der Waals surface area contributed by atoms with Crippen LogP contribution < -0.4 is 5.32 Å². The highest BCUT2D eigenvalue weighted by Crippen LogP contribution is 2.27. The van der Waals surface area contributed by atoms with Gasteiger partial charge in [0.15, 0.2) is 5.78 Å². The minimum absolute atomic E-state index is 0.292. The maximum absolute atomic E-state index is 11.5. The van der Waals surface area contributed by atoms with Crippen molar-refractivity contribution < 1.29 is 4.79 Å². The maximum Gasteiger partial charge on any atom is 0.162 e. The highest BCUT2D eigenvalue weighted by atomic mass is 16.1. The number of nitrogens with one attached hydrogen (secondary N) is 1. The van der Waals surface area contributed by atoms with Crippen LogP contribution >= 0.6 is 0 Å². The summed E-state index contributed by atoms with van der Waals surface area (Å²) in [6, 6.07) is 0.450. The number of hydrogen-bond donors (Lipinski definition) is 1. The van der Waals surface area contributed by atoms with Crippen molar-refractivity contribution in [1.29, 1.82) is 0 Å². The van der Waals surface area contributed by atoms with Crippen LogP contribution in [0.25, 0.3) is 0 Å². The minimum atomic E-state index is 0.292. The Bertz CT molecular complexity index is 220. The molecule has 0 aromatic heterocycles. The molecule has 0 aromatic rings. The molecule has 0 radical (unpaired) electrons. The van der Waals surface area contributed by atoms with E-state index in [1.807, 2.05) is 6.92 Å². The lowest BCUT2D eigenvalue weighted by Crippen LogP contribution is -2.34. The monoisotopic (exact) mass is 151 g/mol. The van der Waals surface area contributed by atoms with E-state index in [4.69, 9.17) is 0 Å². The molecule has 0 saturated carbocycles. The first kappa shape index (κ1) is 7.04. The molecule has 1 aliphatic heterocycles. The summed E-state index contributed by atoms with van der Waals surface area (Å²) in [7, 11) is 0. The fraction of sp³-hybridized carbons (Fsp3) is 0.667. The lowest BCUT2D eigenvalue weighted by atomic mass is 9.85. The number of Topliss-reactive ketones (excluding diaryl/α,β-unsaturated/α-hetero) is 1. The van der Waals surface area contributed by atoms with Crippen LogP contribution in [0.2, 0.25) is 0 Å². The predicted octanol–water partition coefficient (Wildman–Crippen LogP) is 0.884. The molecule has 60 valence electrons. The van der Waals surface area contributed by atoms with Crippen molar-refractivity contribution in [1.82, 2.24) is 5.32 Å². The van der Waals surface area contributed by atoms with Gasteiger partial charge in [0.2, 0.25) is 0 Å². The van der Waals surface area contributed by atoms with Crippen molar-refractivity contribution in [2.45, 2.75) is 25.8 Å². The number of fused-ring (bicyclic) bond motifs is 1. The zero-order valence-electron chi connectivity index (χ0n) is 6.76. The van der Waals surface area contributed by atoms with Gasteiger partial charge in [-0.15, -0.1) is 0 Å². The quantitative estimate of drug-likeness (QED) is 0.557. The third-order valence-electron chi connectivity index (χ3n) is 2.75. The Hall–Kier alpha value is -0.630. The van der Waals surface area contributed by atoms with Gasteiger partial charge in [-0.3, -0.25) is 4.79 Å². The van der Waals surface area contributed by atoms with E-state index in [1.165, 1.54) is 0 Å². The highest BCUT2D eigenvalue weighted by Gasteiger charge is 2.34. The lowest BCUT2D eigenvalue weighted by Gasteiger charge is -2.21. The number of carbonyl (C=O) groups excluding carboxylic acids is 1. The fourth-order valence-corrected chi connectivity index (χ4v) is 2.03. The van der Waals surface area contributed by atoms with E-state index in [9.17, 15) is 4.79 Å². The lowest BCUT2D eigenvalue weighted by molar-refractivity contribution is -0.119. The first-order valence-electron chi connectivity index (χ1n) is 4.23. The molecule has 1 heterocycles. The highest BCUT2D eigenvalue weighted by molar-refractivity contribution is 5.98. The minimum Gasteiger partial charge on any atom is -0.313 e. The molecule has 2 nitrogen and oxygen atoms in total. The third kappa shape index (κ3) is 1.02. The number of carbonyl (C=O) groups is 1. The van der Waals surface area contributed by atoms with E-state index in [1.54, 1.807) is 0 Å². The molecule has 1 saturated heterocycles. The molecule has 2 rings (SSSR count). The number of rotatable bonds is 0. The van der Waals surface area contributed by atoms with Gasteiger partial charge in [0, 0.05) is 12.0 Å². The summed E-state index contributed by atoms with van der Waals surface area (Å²) in [5, 5.41) is 3.34. The average molecular weight is 151 g/mol. The van der Waals surface area contributed by atoms with Gasteiger partial charge < -0.3 is 5.32 Å². The number of allylic oxidation sites excluding steroid dienone is 1. The Labute approximate surface area is 66.7 Å². The molecule has 2 atom stereocenters. The summed E-state index contributed by atoms with van der Waals surface area (Å²) in [5.74, 6) is 0.659. The molecule has 1 N–H and O–H groups in total. The van der Waals surface area contributed by atoms with Crippen molar-refractivity contribution >= 4 is 5.78 Å². The van der Waals surface area contributed by atoms with Gasteiger partial charge in [-0.1, -0.05) is 6.08 Å². The first-order chi connectivity index (χ1) is 5.29. The molecule has 0 bridgehead atoms. The van der Waals surface area contributed by atoms with Crippen LogP contribution in [0.5, 0.6) is 0 Å². The van der Waals surface area contributed by atoms with E-state index in [0.717, 1.165) is 25.0 Å². The largest absolute Gasteiger partial charge is 0.313 e. The van der Waals surface area contributed by atoms with Crippen molar-refractivity contribution in [3.05, 3.63) is 11.6 Å². The molecular formula is C9H13NO. The van der Waals surface area contributed by atoms with E-state index in [0.29, 0.717) is 17.7 Å². The second kappa shape index (κ2) is 2.45. The summed E-state index contributed by atoms with van der Waals surface area (Å²) in [4.78, 5) is 11.5. The molecular weight excluding hydrogens is 138 g/mol. The average Bonchev–Trinajstić information content (AvgIpc) is 2.45. The summed E-state index contributed by atoms with van der Waals surface area (Å²) in [6.45, 7) is 2.94. The molecule has 2 aliphatic rings. The van der Waals surface area contributed by atoms with Crippen molar-refractivity contribution in [3.63, 3.8) is 0 Å². The second-order valence-corrected chi connectivity index (χ2v) is 3.44. The Kier molecular flexibility index (Phi) is 1.57. The first-order valence-corrected chi connectivity index (χ1v) is 4.23. The van der Waals surface area contributed by atoms with Crippen molar-refractivity contribution in [3.8, 4) is 0 Å². The van der Waals surface area contributed by atoms with E-state index >= 15 is 0 Å². The molecule has 2 unspecified atom stereocenters. The van der Waals surface area contributed by atoms with E-state index < -0.39 is 0 Å². The van der Waals surface area contributed by atoms with Crippen LogP contribution in [0.3, 0.4) is 0 Å². The van der Waals surface area contributed by atoms with Gasteiger partial charge in [0.05, 0.1) is 0 Å². The van der Waals surface area contributed by atoms with Gasteiger partial charge in [-0.05, 0) is 31.9 Å². The second-order valence-electron chi connectivity index (χ2n) is 3.44. The Morgan fingerprint density at radius 2 is 2.45 bits per heavy atom. The fourth-order valence-electron chi connectivity index (χ4n) is 2.03.